The van der Waals surface area contributed by atoms with Gasteiger partial charge in [-0.15, -0.1) is 0 Å². The van der Waals surface area contributed by atoms with Gasteiger partial charge in [-0.3, -0.25) is 49.2 Å². The molecule has 2 aromatic heterocycles. The van der Waals surface area contributed by atoms with E-state index in [0.29, 0.717) is 48.0 Å². The Morgan fingerprint density at radius 1 is 0.895 bits per heavy atom. The molecule has 5 aliphatic rings. The molecule has 22 heteroatoms. The van der Waals surface area contributed by atoms with Crippen molar-refractivity contribution in [2.24, 2.45) is 11.3 Å². The standard InChI is InChI=1S/C64H67ClN10O10S/c1-64(2)25-21-45(52(37-64)42-11-13-46(65)14-12-42)40-72-30-32-73(33-31-72)47-15-17-50(56(35-47)85-48-34-44-22-26-66-59(44)68-39-48)60(77)70-86(83,84)49-16-18-53(55(36-49)75(81)82)67-38-41-23-28-71(29-24-41)27-6-4-3-5-8-43-9-7-10-51-58(43)63(80)74(62(51)79)54-19-20-57(76)69-61(54)78/h7,9-18,22,26,34-36,39,41,54,67H,3-4,6,19-21,23-25,27-33,37-38,40H2,1-2H3,(H,66,68)(H,70,77)(H,69,76,78). The SMILES string of the molecule is CC1(C)CCC(CN2CCN(c3ccc(C(=O)NS(=O)(=O)c4ccc(NCC5CCN(CCCCC#Cc6cccc7c6C(=O)N(C6CCC(=O)NC6=O)C7=O)CC5)c([N+](=O)[O-])c4)c(Oc4cnc5[nH]ccc5c4)c3)CC2)=C(c2ccc(Cl)cc2)C1. The average molecular weight is 1200 g/mol. The van der Waals surface area contributed by atoms with E-state index in [0.717, 1.165) is 106 Å². The van der Waals surface area contributed by atoms with Gasteiger partial charge in [0, 0.05) is 92.1 Å². The van der Waals surface area contributed by atoms with Crippen molar-refractivity contribution in [1.29, 1.82) is 0 Å². The number of nitrogens with zero attached hydrogens (tertiary/aromatic N) is 6. The molecule has 1 unspecified atom stereocenters. The van der Waals surface area contributed by atoms with Crippen LogP contribution in [0.5, 0.6) is 11.5 Å². The van der Waals surface area contributed by atoms with E-state index in [1.807, 2.05) is 18.2 Å². The molecule has 4 aliphatic heterocycles. The van der Waals surface area contributed by atoms with Crippen LogP contribution in [-0.4, -0.2) is 132 Å². The molecule has 0 bridgehead atoms. The number of carbonyl (C=O) groups excluding carboxylic acids is 5. The molecule has 4 N–H and O–H groups in total. The highest BCUT2D eigenvalue weighted by atomic mass is 35.5. The van der Waals surface area contributed by atoms with Crippen molar-refractivity contribution in [3.05, 3.63) is 152 Å². The fraction of sp³-hybridized carbons (Fsp3) is 0.375. The van der Waals surface area contributed by atoms with Gasteiger partial charge in [0.15, 0.2) is 0 Å². The van der Waals surface area contributed by atoms with Crippen LogP contribution in [0.25, 0.3) is 16.6 Å². The lowest BCUT2D eigenvalue weighted by Crippen LogP contribution is -2.54. The molecule has 6 heterocycles. The van der Waals surface area contributed by atoms with E-state index in [1.54, 1.807) is 42.6 Å². The number of likely N-dealkylation sites (tertiary alicyclic amines) is 1. The monoisotopic (exact) mass is 1200 g/mol. The van der Waals surface area contributed by atoms with Crippen LogP contribution in [0.4, 0.5) is 17.1 Å². The average Bonchev–Trinajstić information content (AvgIpc) is 2.05. The largest absolute Gasteiger partial charge is 0.455 e. The van der Waals surface area contributed by atoms with Crippen LogP contribution < -0.4 is 25.0 Å². The van der Waals surface area contributed by atoms with Crippen molar-refractivity contribution in [2.45, 2.75) is 89.0 Å². The molecule has 3 saturated heterocycles. The summed E-state index contributed by atoms with van der Waals surface area (Å²) < 4.78 is 36.5. The second-order valence-corrected chi connectivity index (χ2v) is 25.7. The summed E-state index contributed by atoms with van der Waals surface area (Å²) in [5, 5.41) is 19.3. The predicted molar refractivity (Wildman–Crippen MR) is 327 cm³/mol. The summed E-state index contributed by atoms with van der Waals surface area (Å²) in [4.78, 5) is 91.8. The minimum atomic E-state index is -4.64. The van der Waals surface area contributed by atoms with Gasteiger partial charge in [0.25, 0.3) is 33.4 Å². The zero-order valence-corrected chi connectivity index (χ0v) is 49.5. The number of sulfonamides is 1. The summed E-state index contributed by atoms with van der Waals surface area (Å²) in [5.41, 5.74) is 6.11. The molecular formula is C64H67ClN10O10S. The zero-order valence-electron chi connectivity index (χ0n) is 48.0. The molecule has 0 spiro atoms. The summed E-state index contributed by atoms with van der Waals surface area (Å²) in [6, 6.07) is 24.2. The molecule has 6 aromatic rings. The van der Waals surface area contributed by atoms with E-state index in [9.17, 15) is 42.5 Å². The van der Waals surface area contributed by atoms with E-state index < -0.39 is 61.1 Å². The topological polar surface area (TPSA) is 250 Å². The third-order valence-electron chi connectivity index (χ3n) is 17.1. The van der Waals surface area contributed by atoms with Crippen LogP contribution in [0.3, 0.4) is 0 Å². The summed E-state index contributed by atoms with van der Waals surface area (Å²) in [7, 11) is -4.64. The van der Waals surface area contributed by atoms with E-state index in [2.05, 4.69) is 77.8 Å². The second-order valence-electron chi connectivity index (χ2n) is 23.5. The first-order chi connectivity index (χ1) is 41.4. The van der Waals surface area contributed by atoms with Gasteiger partial charge in [-0.25, -0.2) is 18.1 Å². The number of amides is 5. The number of aromatic nitrogens is 2. The number of aromatic amines is 1. The number of anilines is 2. The molecule has 20 nitrogen and oxygen atoms in total. The Kier molecular flexibility index (Phi) is 17.4. The minimum Gasteiger partial charge on any atom is -0.455 e. The molecule has 86 heavy (non-hydrogen) atoms. The number of ether oxygens (including phenoxy) is 1. The maximum absolute atomic E-state index is 14.2. The number of fused-ring (bicyclic) bond motifs is 2. The first kappa shape index (κ1) is 59.3. The number of H-pyrrole nitrogens is 1. The van der Waals surface area contributed by atoms with Gasteiger partial charge in [0.05, 0.1) is 32.7 Å². The third-order valence-corrected chi connectivity index (χ3v) is 18.6. The summed E-state index contributed by atoms with van der Waals surface area (Å²) in [6.07, 6.45) is 10.4. The molecule has 5 amide bonds. The van der Waals surface area contributed by atoms with E-state index in [4.69, 9.17) is 16.3 Å². The number of hydrogen-bond acceptors (Lipinski definition) is 15. The Labute approximate surface area is 503 Å². The lowest BCUT2D eigenvalue weighted by atomic mass is 9.72. The van der Waals surface area contributed by atoms with Crippen molar-refractivity contribution in [1.82, 2.24) is 34.7 Å². The number of piperidine rings is 2. The van der Waals surface area contributed by atoms with Crippen LogP contribution in [0.2, 0.25) is 5.02 Å². The number of rotatable bonds is 18. The number of unbranched alkanes of at least 4 members (excludes halogenated alkanes) is 2. The number of pyridine rings is 1. The van der Waals surface area contributed by atoms with Crippen LogP contribution in [0.15, 0.2) is 114 Å². The molecular weight excluding hydrogens is 1140 g/mol. The summed E-state index contributed by atoms with van der Waals surface area (Å²) in [5.74, 6) is 3.57. The van der Waals surface area contributed by atoms with Crippen LogP contribution >= 0.6 is 11.6 Å². The fourth-order valence-electron chi connectivity index (χ4n) is 12.2. The third kappa shape index (κ3) is 13.3. The lowest BCUT2D eigenvalue weighted by Gasteiger charge is -2.39. The predicted octanol–water partition coefficient (Wildman–Crippen LogP) is 9.57. The first-order valence-electron chi connectivity index (χ1n) is 29.2. The number of allylic oxidation sites excluding steroid dienone is 1. The van der Waals surface area contributed by atoms with Gasteiger partial charge in [0.2, 0.25) is 11.8 Å². The molecule has 0 saturated carbocycles. The van der Waals surface area contributed by atoms with Crippen molar-refractivity contribution < 1.29 is 42.1 Å². The fourth-order valence-corrected chi connectivity index (χ4v) is 13.3. The zero-order chi connectivity index (χ0) is 60.3. The van der Waals surface area contributed by atoms with Gasteiger partial charge >= 0.3 is 0 Å². The van der Waals surface area contributed by atoms with E-state index in [1.165, 1.54) is 41.1 Å². The Morgan fingerprint density at radius 2 is 1.69 bits per heavy atom. The number of hydrogen-bond donors (Lipinski definition) is 4. The molecule has 446 valence electrons. The number of benzene rings is 4. The van der Waals surface area contributed by atoms with Crippen molar-refractivity contribution in [2.75, 3.05) is 69.1 Å². The number of imide groups is 2. The minimum absolute atomic E-state index is 0.0365. The Bertz CT molecular complexity index is 3880. The quantitative estimate of drug-likeness (QED) is 0.0206. The number of halogens is 1. The normalized spacial score (nSPS) is 18.6. The number of piperazine rings is 1. The van der Waals surface area contributed by atoms with E-state index >= 15 is 0 Å². The highest BCUT2D eigenvalue weighted by Crippen LogP contribution is 2.44. The highest BCUT2D eigenvalue weighted by molar-refractivity contribution is 7.90. The van der Waals surface area contributed by atoms with Crippen molar-refractivity contribution in [3.63, 3.8) is 0 Å². The lowest BCUT2D eigenvalue weighted by molar-refractivity contribution is -0.384. The summed E-state index contributed by atoms with van der Waals surface area (Å²) >= 11 is 6.27. The Hall–Kier alpha value is -8.42. The molecule has 0 radical (unpaired) electrons. The number of nitro groups is 1. The van der Waals surface area contributed by atoms with Crippen molar-refractivity contribution >= 4 is 84.8 Å². The molecule has 3 fully saturated rings. The smallest absolute Gasteiger partial charge is 0.293 e. The van der Waals surface area contributed by atoms with Crippen molar-refractivity contribution in [3.8, 4) is 23.3 Å². The Morgan fingerprint density at radius 3 is 2.45 bits per heavy atom. The maximum atomic E-state index is 14.2. The van der Waals surface area contributed by atoms with Gasteiger partial charge < -0.3 is 24.8 Å². The number of carbonyl (C=O) groups is 5. The molecule has 1 aliphatic carbocycles. The highest BCUT2D eigenvalue weighted by Gasteiger charge is 2.45. The van der Waals surface area contributed by atoms with Gasteiger partial charge in [-0.2, -0.15) is 0 Å². The van der Waals surface area contributed by atoms with E-state index in [-0.39, 0.29) is 52.3 Å². The number of nitrogens with one attached hydrogen (secondary N) is 4. The molecule has 1 atom stereocenters. The molecule has 4 aromatic carbocycles. The second kappa shape index (κ2) is 25.3. The molecule has 11 rings (SSSR count). The van der Waals surface area contributed by atoms with Crippen LogP contribution in [-0.2, 0) is 19.6 Å². The number of nitro benzene ring substituents is 1. The van der Waals surface area contributed by atoms with Crippen LogP contribution in [0, 0.1) is 33.3 Å². The van der Waals surface area contributed by atoms with Gasteiger partial charge in [-0.1, -0.05) is 61.1 Å². The van der Waals surface area contributed by atoms with Crippen LogP contribution in [0.1, 0.15) is 120 Å². The maximum Gasteiger partial charge on any atom is 0.293 e. The van der Waals surface area contributed by atoms with Gasteiger partial charge in [-0.05, 0) is 154 Å². The summed E-state index contributed by atoms with van der Waals surface area (Å²) in [6.45, 7) is 11.4. The van der Waals surface area contributed by atoms with Gasteiger partial charge in [0.1, 0.15) is 28.9 Å². The Balaban J connectivity index is 0.681. The first-order valence-corrected chi connectivity index (χ1v) is 31.1.